The summed E-state index contributed by atoms with van der Waals surface area (Å²) in [5.74, 6) is 1.53. The standard InChI is InChI=1S/C16H17ClFN3OS/c1-16(2,3)21-14(11-7-23-8-13(11)20-21)19-15(22)10-5-4-9(18)6-12(10)17/h4-6H,7-8H2,1-3H3,(H,19,22). The molecule has 0 radical (unpaired) electrons. The monoisotopic (exact) mass is 353 g/mol. The maximum absolute atomic E-state index is 13.2. The summed E-state index contributed by atoms with van der Waals surface area (Å²) in [6.07, 6.45) is 0. The molecule has 1 N–H and O–H groups in total. The van der Waals surface area contributed by atoms with Crippen LogP contribution in [-0.4, -0.2) is 15.7 Å². The number of halogens is 2. The number of nitrogens with one attached hydrogen (secondary N) is 1. The van der Waals surface area contributed by atoms with E-state index in [0.29, 0.717) is 5.82 Å². The van der Waals surface area contributed by atoms with Gasteiger partial charge in [-0.25, -0.2) is 9.07 Å². The highest BCUT2D eigenvalue weighted by Crippen LogP contribution is 2.37. The van der Waals surface area contributed by atoms with Gasteiger partial charge in [0.15, 0.2) is 0 Å². The molecule has 0 fully saturated rings. The van der Waals surface area contributed by atoms with Crippen molar-refractivity contribution in [3.05, 3.63) is 45.9 Å². The Morgan fingerprint density at radius 3 is 2.78 bits per heavy atom. The lowest BCUT2D eigenvalue weighted by molar-refractivity contribution is 0.102. The van der Waals surface area contributed by atoms with Crippen LogP contribution in [0.5, 0.6) is 0 Å². The predicted molar refractivity (Wildman–Crippen MR) is 91.6 cm³/mol. The van der Waals surface area contributed by atoms with E-state index in [2.05, 4.69) is 10.4 Å². The molecule has 1 amide bonds. The van der Waals surface area contributed by atoms with Crippen molar-refractivity contribution in [3.63, 3.8) is 0 Å². The highest BCUT2D eigenvalue weighted by atomic mass is 35.5. The summed E-state index contributed by atoms with van der Waals surface area (Å²) in [6, 6.07) is 3.75. The largest absolute Gasteiger partial charge is 0.306 e. The minimum atomic E-state index is -0.469. The van der Waals surface area contributed by atoms with Crippen molar-refractivity contribution in [2.24, 2.45) is 0 Å². The molecule has 0 atom stereocenters. The second-order valence-electron chi connectivity index (χ2n) is 6.43. The van der Waals surface area contributed by atoms with Crippen LogP contribution in [0.2, 0.25) is 5.02 Å². The van der Waals surface area contributed by atoms with Crippen LogP contribution < -0.4 is 5.32 Å². The van der Waals surface area contributed by atoms with Crippen molar-refractivity contribution in [1.82, 2.24) is 9.78 Å². The zero-order valence-corrected chi connectivity index (χ0v) is 14.7. The van der Waals surface area contributed by atoms with Crippen LogP contribution in [0.3, 0.4) is 0 Å². The molecule has 0 saturated heterocycles. The van der Waals surface area contributed by atoms with Gasteiger partial charge in [0.1, 0.15) is 11.6 Å². The Bertz CT molecular complexity index is 782. The van der Waals surface area contributed by atoms with E-state index in [4.69, 9.17) is 11.6 Å². The minimum Gasteiger partial charge on any atom is -0.306 e. The van der Waals surface area contributed by atoms with Crippen molar-refractivity contribution < 1.29 is 9.18 Å². The van der Waals surface area contributed by atoms with Crippen molar-refractivity contribution in [2.45, 2.75) is 37.8 Å². The molecule has 122 valence electrons. The Morgan fingerprint density at radius 2 is 2.13 bits per heavy atom. The molecule has 2 heterocycles. The number of anilines is 1. The van der Waals surface area contributed by atoms with Crippen LogP contribution in [0, 0.1) is 5.82 Å². The lowest BCUT2D eigenvalue weighted by Crippen LogP contribution is -2.27. The van der Waals surface area contributed by atoms with Gasteiger partial charge in [-0.15, -0.1) is 0 Å². The van der Waals surface area contributed by atoms with Gasteiger partial charge in [-0.3, -0.25) is 4.79 Å². The average molecular weight is 354 g/mol. The van der Waals surface area contributed by atoms with E-state index in [1.807, 2.05) is 25.5 Å². The van der Waals surface area contributed by atoms with E-state index in [1.165, 1.54) is 12.1 Å². The number of thioether (sulfide) groups is 1. The fourth-order valence-corrected chi connectivity index (χ4v) is 3.76. The van der Waals surface area contributed by atoms with Gasteiger partial charge in [-0.2, -0.15) is 16.9 Å². The first-order valence-corrected chi connectivity index (χ1v) is 8.76. The molecule has 0 unspecified atom stereocenters. The fraction of sp³-hybridized carbons (Fsp3) is 0.375. The quantitative estimate of drug-likeness (QED) is 0.868. The number of amides is 1. The number of hydrogen-bond acceptors (Lipinski definition) is 3. The molecule has 7 heteroatoms. The number of fused-ring (bicyclic) bond motifs is 1. The molecule has 0 aliphatic carbocycles. The van der Waals surface area contributed by atoms with Crippen LogP contribution in [0.25, 0.3) is 0 Å². The third-order valence-electron chi connectivity index (χ3n) is 3.59. The van der Waals surface area contributed by atoms with Gasteiger partial charge in [0.05, 0.1) is 21.8 Å². The second kappa shape index (κ2) is 5.83. The number of carbonyl (C=O) groups excluding carboxylic acids is 1. The summed E-state index contributed by atoms with van der Waals surface area (Å²) >= 11 is 7.75. The lowest BCUT2D eigenvalue weighted by Gasteiger charge is -2.23. The van der Waals surface area contributed by atoms with E-state index in [-0.39, 0.29) is 22.0 Å². The van der Waals surface area contributed by atoms with Crippen LogP contribution in [0.15, 0.2) is 18.2 Å². The Hall–Kier alpha value is -1.53. The third kappa shape index (κ3) is 3.10. The van der Waals surface area contributed by atoms with E-state index in [1.54, 1.807) is 11.8 Å². The maximum atomic E-state index is 13.2. The highest BCUT2D eigenvalue weighted by Gasteiger charge is 2.29. The Kier molecular flexibility index (Phi) is 4.14. The Morgan fingerprint density at radius 1 is 1.39 bits per heavy atom. The Balaban J connectivity index is 1.98. The lowest BCUT2D eigenvalue weighted by atomic mass is 10.1. The predicted octanol–water partition coefficient (Wildman–Crippen LogP) is 4.43. The summed E-state index contributed by atoms with van der Waals surface area (Å²) in [5, 5.41) is 7.64. The summed E-state index contributed by atoms with van der Waals surface area (Å²) in [6.45, 7) is 6.09. The molecule has 0 saturated carbocycles. The van der Waals surface area contributed by atoms with Crippen LogP contribution in [-0.2, 0) is 17.0 Å². The van der Waals surface area contributed by atoms with Crippen LogP contribution >= 0.6 is 23.4 Å². The van der Waals surface area contributed by atoms with Crippen molar-refractivity contribution >= 4 is 35.1 Å². The third-order valence-corrected chi connectivity index (χ3v) is 4.88. The first kappa shape index (κ1) is 16.3. The van der Waals surface area contributed by atoms with E-state index in [0.717, 1.165) is 28.8 Å². The number of hydrogen-bond donors (Lipinski definition) is 1. The Labute approximate surface area is 143 Å². The van der Waals surface area contributed by atoms with Crippen molar-refractivity contribution in [1.29, 1.82) is 0 Å². The van der Waals surface area contributed by atoms with Gasteiger partial charge in [-0.1, -0.05) is 11.6 Å². The molecule has 1 aromatic heterocycles. The second-order valence-corrected chi connectivity index (χ2v) is 7.82. The summed E-state index contributed by atoms with van der Waals surface area (Å²) in [5.41, 5.74) is 2.04. The van der Waals surface area contributed by atoms with E-state index >= 15 is 0 Å². The van der Waals surface area contributed by atoms with E-state index in [9.17, 15) is 9.18 Å². The molecule has 0 spiro atoms. The van der Waals surface area contributed by atoms with E-state index < -0.39 is 5.82 Å². The molecule has 0 bridgehead atoms. The smallest absolute Gasteiger partial charge is 0.258 e. The number of nitrogens with zero attached hydrogens (tertiary/aromatic N) is 2. The molecule has 23 heavy (non-hydrogen) atoms. The molecule has 2 aromatic rings. The van der Waals surface area contributed by atoms with Gasteiger partial charge in [0.2, 0.25) is 0 Å². The number of aromatic nitrogens is 2. The van der Waals surface area contributed by atoms with Crippen LogP contribution in [0.1, 0.15) is 42.4 Å². The number of rotatable bonds is 2. The zero-order valence-electron chi connectivity index (χ0n) is 13.1. The normalized spacial score (nSPS) is 14.0. The summed E-state index contributed by atoms with van der Waals surface area (Å²) < 4.78 is 15.0. The fourth-order valence-electron chi connectivity index (χ4n) is 2.48. The topological polar surface area (TPSA) is 46.9 Å². The average Bonchev–Trinajstić information content (AvgIpc) is 3.00. The van der Waals surface area contributed by atoms with Gasteiger partial charge in [0.25, 0.3) is 5.91 Å². The van der Waals surface area contributed by atoms with Gasteiger partial charge in [0, 0.05) is 17.1 Å². The highest BCUT2D eigenvalue weighted by molar-refractivity contribution is 7.98. The SMILES string of the molecule is CC(C)(C)n1nc2c(c1NC(=O)c1ccc(F)cc1Cl)CSC2. The molecular formula is C16H17ClFN3OS. The van der Waals surface area contributed by atoms with Gasteiger partial charge >= 0.3 is 0 Å². The number of benzene rings is 1. The number of carbonyl (C=O) groups is 1. The molecule has 3 rings (SSSR count). The first-order valence-electron chi connectivity index (χ1n) is 7.23. The van der Waals surface area contributed by atoms with Crippen LogP contribution in [0.4, 0.5) is 10.2 Å². The zero-order chi connectivity index (χ0) is 16.8. The summed E-state index contributed by atoms with van der Waals surface area (Å²) in [7, 11) is 0. The first-order chi connectivity index (χ1) is 10.8. The molecule has 4 nitrogen and oxygen atoms in total. The van der Waals surface area contributed by atoms with Gasteiger partial charge < -0.3 is 5.32 Å². The maximum Gasteiger partial charge on any atom is 0.258 e. The molecular weight excluding hydrogens is 337 g/mol. The summed E-state index contributed by atoms with van der Waals surface area (Å²) in [4.78, 5) is 12.6. The molecule has 1 aromatic carbocycles. The van der Waals surface area contributed by atoms with Gasteiger partial charge in [-0.05, 0) is 39.0 Å². The molecule has 1 aliphatic heterocycles. The van der Waals surface area contributed by atoms with Crippen molar-refractivity contribution in [3.8, 4) is 0 Å². The van der Waals surface area contributed by atoms with Crippen molar-refractivity contribution in [2.75, 3.05) is 5.32 Å². The molecule has 1 aliphatic rings. The minimum absolute atomic E-state index is 0.0929.